The van der Waals surface area contributed by atoms with E-state index in [4.69, 9.17) is 11.0 Å². The summed E-state index contributed by atoms with van der Waals surface area (Å²) in [7, 11) is 0. The van der Waals surface area contributed by atoms with Crippen LogP contribution in [-0.4, -0.2) is 34.1 Å². The molecule has 3 rings (SSSR count). The Balaban J connectivity index is 1.72. The van der Waals surface area contributed by atoms with Crippen LogP contribution >= 0.6 is 0 Å². The molecule has 1 aromatic carbocycles. The molecule has 1 aliphatic rings. The molecule has 1 unspecified atom stereocenters. The lowest BCUT2D eigenvalue weighted by molar-refractivity contribution is 0.0790. The number of likely N-dealkylation sites (tertiary alicyclic amines) is 1. The number of carbonyl (C=O) groups is 1. The van der Waals surface area contributed by atoms with E-state index in [2.05, 4.69) is 10.2 Å². The Kier molecular flexibility index (Phi) is 3.32. The van der Waals surface area contributed by atoms with Gasteiger partial charge in [0.15, 0.2) is 0 Å². The number of benzene rings is 1. The Morgan fingerprint density at radius 2 is 2.19 bits per heavy atom. The molecule has 0 spiro atoms. The fraction of sp³-hybridized carbons (Fsp3) is 0.267. The highest BCUT2D eigenvalue weighted by Gasteiger charge is 2.29. The van der Waals surface area contributed by atoms with E-state index >= 15 is 0 Å². The molecule has 6 nitrogen and oxygen atoms in total. The van der Waals surface area contributed by atoms with Crippen molar-refractivity contribution in [2.75, 3.05) is 18.8 Å². The van der Waals surface area contributed by atoms with Crippen molar-refractivity contribution < 1.29 is 4.79 Å². The molecule has 1 atom stereocenters. The van der Waals surface area contributed by atoms with Crippen LogP contribution in [0.3, 0.4) is 0 Å². The molecule has 2 heterocycles. The first-order valence-electron chi connectivity index (χ1n) is 6.77. The number of nitrogens with zero attached hydrogens (tertiary/aromatic N) is 3. The van der Waals surface area contributed by atoms with Crippen molar-refractivity contribution in [3.8, 4) is 6.07 Å². The fourth-order valence-electron chi connectivity index (χ4n) is 2.68. The lowest BCUT2D eigenvalue weighted by atomic mass is 10.0. The van der Waals surface area contributed by atoms with Crippen molar-refractivity contribution in [1.82, 2.24) is 15.1 Å². The summed E-state index contributed by atoms with van der Waals surface area (Å²) in [6.07, 6.45) is 2.47. The van der Waals surface area contributed by atoms with Gasteiger partial charge in [-0.1, -0.05) is 0 Å². The van der Waals surface area contributed by atoms with Gasteiger partial charge in [0.1, 0.15) is 0 Å². The number of aromatic nitrogens is 2. The number of nitrogen functional groups attached to an aromatic ring is 1. The van der Waals surface area contributed by atoms with E-state index in [0.717, 1.165) is 12.1 Å². The van der Waals surface area contributed by atoms with Crippen LogP contribution in [0.15, 0.2) is 30.5 Å². The van der Waals surface area contributed by atoms with Crippen molar-refractivity contribution in [2.45, 2.75) is 12.3 Å². The van der Waals surface area contributed by atoms with Gasteiger partial charge in [-0.3, -0.25) is 9.89 Å². The molecule has 0 radical (unpaired) electrons. The van der Waals surface area contributed by atoms with E-state index in [1.807, 2.05) is 11.0 Å². The number of hydrogen-bond acceptors (Lipinski definition) is 4. The molecular weight excluding hydrogens is 266 g/mol. The predicted molar refractivity (Wildman–Crippen MR) is 77.4 cm³/mol. The summed E-state index contributed by atoms with van der Waals surface area (Å²) in [4.78, 5) is 14.2. The quantitative estimate of drug-likeness (QED) is 0.871. The van der Waals surface area contributed by atoms with Crippen molar-refractivity contribution in [3.63, 3.8) is 0 Å². The Labute approximate surface area is 122 Å². The van der Waals surface area contributed by atoms with Crippen molar-refractivity contribution in [3.05, 3.63) is 47.3 Å². The zero-order valence-corrected chi connectivity index (χ0v) is 11.4. The molecule has 0 bridgehead atoms. The summed E-state index contributed by atoms with van der Waals surface area (Å²) < 4.78 is 0. The van der Waals surface area contributed by atoms with Gasteiger partial charge in [-0.05, 0) is 30.7 Å². The zero-order valence-electron chi connectivity index (χ0n) is 11.4. The predicted octanol–water partition coefficient (Wildman–Crippen LogP) is 1.49. The molecule has 6 heteroatoms. The Bertz CT molecular complexity index is 698. The summed E-state index contributed by atoms with van der Waals surface area (Å²) >= 11 is 0. The van der Waals surface area contributed by atoms with Crippen LogP contribution < -0.4 is 5.73 Å². The first kappa shape index (κ1) is 13.2. The van der Waals surface area contributed by atoms with Crippen molar-refractivity contribution in [2.24, 2.45) is 0 Å². The number of carbonyl (C=O) groups excluding carboxylic acids is 1. The van der Waals surface area contributed by atoms with E-state index < -0.39 is 0 Å². The average molecular weight is 281 g/mol. The van der Waals surface area contributed by atoms with Gasteiger partial charge < -0.3 is 10.6 Å². The van der Waals surface area contributed by atoms with Crippen molar-refractivity contribution in [1.29, 1.82) is 5.26 Å². The van der Waals surface area contributed by atoms with Crippen LogP contribution in [0.1, 0.15) is 34.0 Å². The molecule has 1 saturated heterocycles. The topological polar surface area (TPSA) is 98.8 Å². The minimum absolute atomic E-state index is 0.0138. The minimum Gasteiger partial charge on any atom is -0.396 e. The summed E-state index contributed by atoms with van der Waals surface area (Å²) in [6.45, 7) is 1.33. The summed E-state index contributed by atoms with van der Waals surface area (Å²) in [6, 6.07) is 8.75. The van der Waals surface area contributed by atoms with Gasteiger partial charge in [-0.15, -0.1) is 0 Å². The molecule has 3 N–H and O–H groups in total. The van der Waals surface area contributed by atoms with Gasteiger partial charge in [-0.25, -0.2) is 0 Å². The number of rotatable bonds is 2. The first-order valence-corrected chi connectivity index (χ1v) is 6.77. The van der Waals surface area contributed by atoms with Crippen LogP contribution in [-0.2, 0) is 0 Å². The molecule has 1 fully saturated rings. The van der Waals surface area contributed by atoms with Gasteiger partial charge in [0.25, 0.3) is 5.91 Å². The van der Waals surface area contributed by atoms with Crippen LogP contribution in [0.2, 0.25) is 0 Å². The molecule has 1 aromatic heterocycles. The van der Waals surface area contributed by atoms with Crippen LogP contribution in [0.5, 0.6) is 0 Å². The second-order valence-electron chi connectivity index (χ2n) is 5.16. The molecular formula is C15H15N5O. The Morgan fingerprint density at radius 3 is 2.81 bits per heavy atom. The van der Waals surface area contributed by atoms with Crippen molar-refractivity contribution >= 4 is 11.6 Å². The molecule has 21 heavy (non-hydrogen) atoms. The van der Waals surface area contributed by atoms with Gasteiger partial charge in [0.2, 0.25) is 0 Å². The zero-order chi connectivity index (χ0) is 14.8. The molecule has 0 saturated carbocycles. The summed E-state index contributed by atoms with van der Waals surface area (Å²) in [5.74, 6) is 0.190. The molecule has 0 aliphatic carbocycles. The number of amides is 1. The number of aromatic amines is 1. The molecule has 106 valence electrons. The number of hydrogen-bond donors (Lipinski definition) is 2. The maximum atomic E-state index is 12.4. The van der Waals surface area contributed by atoms with E-state index in [9.17, 15) is 4.79 Å². The highest BCUT2D eigenvalue weighted by molar-refractivity contribution is 5.94. The van der Waals surface area contributed by atoms with Crippen LogP contribution in [0, 0.1) is 11.3 Å². The third kappa shape index (κ3) is 2.46. The highest BCUT2D eigenvalue weighted by atomic mass is 16.2. The standard InChI is InChI=1S/C15H15N5O/c16-7-10-1-3-11(4-2-10)15(21)20-6-5-12(9-20)14-13(17)8-18-19-14/h1-4,8,12H,5-6,9,17H2,(H,18,19). The Morgan fingerprint density at radius 1 is 1.43 bits per heavy atom. The second kappa shape index (κ2) is 5.29. The van der Waals surface area contributed by atoms with Crippen LogP contribution in [0.4, 0.5) is 5.69 Å². The van der Waals surface area contributed by atoms with Gasteiger partial charge >= 0.3 is 0 Å². The van der Waals surface area contributed by atoms with Gasteiger partial charge in [0, 0.05) is 24.6 Å². The lowest BCUT2D eigenvalue weighted by Gasteiger charge is -2.16. The van der Waals surface area contributed by atoms with E-state index in [1.54, 1.807) is 30.5 Å². The monoisotopic (exact) mass is 281 g/mol. The highest BCUT2D eigenvalue weighted by Crippen LogP contribution is 2.29. The summed E-state index contributed by atoms with van der Waals surface area (Å²) in [5.41, 5.74) is 8.57. The second-order valence-corrected chi connectivity index (χ2v) is 5.16. The third-order valence-electron chi connectivity index (χ3n) is 3.84. The molecule has 2 aromatic rings. The maximum absolute atomic E-state index is 12.4. The van der Waals surface area contributed by atoms with Gasteiger partial charge in [0.05, 0.1) is 29.2 Å². The molecule has 1 amide bonds. The largest absolute Gasteiger partial charge is 0.396 e. The number of nitriles is 1. The minimum atomic E-state index is -0.0138. The number of nitrogens with one attached hydrogen (secondary N) is 1. The molecule has 1 aliphatic heterocycles. The Hall–Kier alpha value is -2.81. The van der Waals surface area contributed by atoms with Crippen LogP contribution in [0.25, 0.3) is 0 Å². The number of H-pyrrole nitrogens is 1. The number of anilines is 1. The fourth-order valence-corrected chi connectivity index (χ4v) is 2.68. The summed E-state index contributed by atoms with van der Waals surface area (Å²) in [5, 5.41) is 15.6. The average Bonchev–Trinajstić information content (AvgIpc) is 3.15. The smallest absolute Gasteiger partial charge is 0.253 e. The number of nitrogens with two attached hydrogens (primary N) is 1. The first-order chi connectivity index (χ1) is 10.2. The normalized spacial score (nSPS) is 17.7. The van der Waals surface area contributed by atoms with E-state index in [0.29, 0.717) is 29.9 Å². The maximum Gasteiger partial charge on any atom is 0.253 e. The van der Waals surface area contributed by atoms with E-state index in [1.165, 1.54) is 0 Å². The SMILES string of the molecule is N#Cc1ccc(C(=O)N2CCC(c3[nH]ncc3N)C2)cc1. The third-order valence-corrected chi connectivity index (χ3v) is 3.84. The lowest BCUT2D eigenvalue weighted by Crippen LogP contribution is -2.28. The van der Waals surface area contributed by atoms with E-state index in [-0.39, 0.29) is 11.8 Å². The van der Waals surface area contributed by atoms with Gasteiger partial charge in [-0.2, -0.15) is 10.4 Å².